The molecule has 212 valence electrons. The lowest BCUT2D eigenvalue weighted by Gasteiger charge is -2.24. The molecular weight excluding hydrogens is 480 g/mol. The Morgan fingerprint density at radius 1 is 0.541 bits per heavy atom. The lowest BCUT2D eigenvalue weighted by molar-refractivity contribution is -0.140. The molecule has 5 fully saturated rings. The van der Waals surface area contributed by atoms with Crippen molar-refractivity contribution in [3.63, 3.8) is 0 Å². The number of likely N-dealkylation sites (N-methyl/N-ethyl adjacent to an activating group) is 2. The number of ether oxygens (including phenoxy) is 1. The first kappa shape index (κ1) is 32.3. The van der Waals surface area contributed by atoms with Crippen LogP contribution in [0.4, 0.5) is 0 Å². The molecule has 12 heteroatoms. The molecule has 5 rings (SSSR count). The van der Waals surface area contributed by atoms with Gasteiger partial charge in [0.25, 0.3) is 0 Å². The molecule has 0 unspecified atom stereocenters. The zero-order chi connectivity index (χ0) is 27.8. The van der Waals surface area contributed by atoms with Crippen molar-refractivity contribution < 1.29 is 28.7 Å². The third-order valence-electron chi connectivity index (χ3n) is 6.50. The Morgan fingerprint density at radius 2 is 1.05 bits per heavy atom. The van der Waals surface area contributed by atoms with Crippen LogP contribution in [0.15, 0.2) is 0 Å². The van der Waals surface area contributed by atoms with Gasteiger partial charge < -0.3 is 34.6 Å². The average molecular weight is 527 g/mol. The van der Waals surface area contributed by atoms with Gasteiger partial charge in [0.2, 0.25) is 29.5 Å². The summed E-state index contributed by atoms with van der Waals surface area (Å²) in [6.07, 6.45) is 5.60. The molecule has 5 aliphatic heterocycles. The smallest absolute Gasteiger partial charge is 0.248 e. The second kappa shape index (κ2) is 17.7. The zero-order valence-electron chi connectivity index (χ0n) is 23.3. The van der Waals surface area contributed by atoms with Gasteiger partial charge in [0.05, 0.1) is 13.2 Å². The maximum atomic E-state index is 10.7. The number of carbonyl (C=O) groups is 5. The quantitative estimate of drug-likeness (QED) is 0.412. The summed E-state index contributed by atoms with van der Waals surface area (Å²) < 4.78 is 4.86. The number of piperidine rings is 1. The first-order chi connectivity index (χ1) is 17.5. The molecule has 0 saturated carbocycles. The van der Waals surface area contributed by atoms with Crippen molar-refractivity contribution in [3.05, 3.63) is 0 Å². The predicted molar refractivity (Wildman–Crippen MR) is 140 cm³/mol. The van der Waals surface area contributed by atoms with Crippen molar-refractivity contribution in [3.8, 4) is 0 Å². The Hall–Kier alpha value is -2.73. The van der Waals surface area contributed by atoms with Crippen LogP contribution in [0.5, 0.6) is 0 Å². The van der Waals surface area contributed by atoms with Gasteiger partial charge in [0, 0.05) is 93.8 Å². The van der Waals surface area contributed by atoms with Gasteiger partial charge in [-0.05, 0) is 19.3 Å². The molecule has 0 aliphatic carbocycles. The third-order valence-corrected chi connectivity index (χ3v) is 6.50. The molecule has 5 amide bonds. The van der Waals surface area contributed by atoms with Crippen LogP contribution in [0.25, 0.3) is 0 Å². The standard InChI is InChI=1S/C6H11NO.C5H10N2O.C5H9NO2.C5H9NO.C4H7NO/c1-7-5-3-2-4-6(7)8;1-7-3-2-6-4-5(7)8;1-6-2-3-8-4-5(6)7;1-6-4-2-3-5(6)7;1-5-3-2-4(5)6/h2-5H2,1H3;6H,2-4H2,1H3;2-4H2,1H3;2-4H2,1H3;2-3H2,1H3. The van der Waals surface area contributed by atoms with Crippen molar-refractivity contribution in [2.45, 2.75) is 38.5 Å². The number of hydrogen-bond donors (Lipinski definition) is 1. The average Bonchev–Trinajstić information content (AvgIpc) is 3.27. The van der Waals surface area contributed by atoms with Crippen molar-refractivity contribution in [1.82, 2.24) is 29.8 Å². The number of amides is 5. The lowest BCUT2D eigenvalue weighted by Crippen LogP contribution is -2.45. The molecule has 0 bridgehead atoms. The normalized spacial score (nSPS) is 21.4. The van der Waals surface area contributed by atoms with Crippen LogP contribution in [0.3, 0.4) is 0 Å². The van der Waals surface area contributed by atoms with Gasteiger partial charge in [0.15, 0.2) is 0 Å². The molecule has 0 radical (unpaired) electrons. The summed E-state index contributed by atoms with van der Waals surface area (Å²) in [6.45, 7) is 6.84. The van der Waals surface area contributed by atoms with E-state index in [0.717, 1.165) is 71.4 Å². The van der Waals surface area contributed by atoms with E-state index in [1.807, 2.05) is 28.2 Å². The number of nitrogens with zero attached hydrogens (tertiary/aromatic N) is 5. The summed E-state index contributed by atoms with van der Waals surface area (Å²) in [7, 11) is 9.12. The number of rotatable bonds is 0. The molecule has 0 aromatic heterocycles. The molecule has 5 heterocycles. The van der Waals surface area contributed by atoms with Gasteiger partial charge in [-0.3, -0.25) is 24.0 Å². The van der Waals surface area contributed by atoms with Gasteiger partial charge in [-0.2, -0.15) is 0 Å². The molecule has 0 atom stereocenters. The van der Waals surface area contributed by atoms with Crippen molar-refractivity contribution >= 4 is 29.5 Å². The second-order valence-electron chi connectivity index (χ2n) is 9.62. The van der Waals surface area contributed by atoms with Gasteiger partial charge >= 0.3 is 0 Å². The Balaban J connectivity index is 0.000000232. The second-order valence-corrected chi connectivity index (χ2v) is 9.62. The fraction of sp³-hybridized carbons (Fsp3) is 0.800. The van der Waals surface area contributed by atoms with E-state index in [1.54, 1.807) is 31.5 Å². The van der Waals surface area contributed by atoms with Crippen LogP contribution < -0.4 is 5.32 Å². The Morgan fingerprint density at radius 3 is 1.32 bits per heavy atom. The highest BCUT2D eigenvalue weighted by Gasteiger charge is 2.17. The molecule has 12 nitrogen and oxygen atoms in total. The van der Waals surface area contributed by atoms with Crippen LogP contribution in [0.1, 0.15) is 38.5 Å². The maximum Gasteiger partial charge on any atom is 0.248 e. The summed E-state index contributed by atoms with van der Waals surface area (Å²) in [5.74, 6) is 1.14. The summed E-state index contributed by atoms with van der Waals surface area (Å²) in [6, 6.07) is 0. The van der Waals surface area contributed by atoms with E-state index in [-0.39, 0.29) is 24.3 Å². The van der Waals surface area contributed by atoms with Crippen LogP contribution in [0, 0.1) is 0 Å². The Kier molecular flexibility index (Phi) is 15.4. The van der Waals surface area contributed by atoms with E-state index in [1.165, 1.54) is 6.42 Å². The molecule has 37 heavy (non-hydrogen) atoms. The van der Waals surface area contributed by atoms with Crippen molar-refractivity contribution in [1.29, 1.82) is 0 Å². The van der Waals surface area contributed by atoms with E-state index < -0.39 is 0 Å². The highest BCUT2D eigenvalue weighted by atomic mass is 16.5. The van der Waals surface area contributed by atoms with Gasteiger partial charge in [0.1, 0.15) is 6.61 Å². The molecule has 0 aromatic rings. The molecule has 1 N–H and O–H groups in total. The Bertz CT molecular complexity index is 702. The van der Waals surface area contributed by atoms with Crippen LogP contribution in [0.2, 0.25) is 0 Å². The molecule has 0 aromatic carbocycles. The number of likely N-dealkylation sites (tertiary alicyclic amines) is 3. The van der Waals surface area contributed by atoms with E-state index in [9.17, 15) is 24.0 Å². The Labute approximate surface area is 221 Å². The van der Waals surface area contributed by atoms with E-state index in [2.05, 4.69) is 5.32 Å². The predicted octanol–water partition coefficient (Wildman–Crippen LogP) is -0.761. The fourth-order valence-electron chi connectivity index (χ4n) is 3.45. The third kappa shape index (κ3) is 13.4. The van der Waals surface area contributed by atoms with Crippen LogP contribution >= 0.6 is 0 Å². The van der Waals surface area contributed by atoms with Gasteiger partial charge in [-0.25, -0.2) is 0 Å². The first-order valence-electron chi connectivity index (χ1n) is 13.0. The monoisotopic (exact) mass is 526 g/mol. The fourth-order valence-corrected chi connectivity index (χ4v) is 3.45. The zero-order valence-corrected chi connectivity index (χ0v) is 23.3. The number of β-lactam (4-membered cyclic amide) rings is 1. The minimum Gasteiger partial charge on any atom is -0.370 e. The van der Waals surface area contributed by atoms with Crippen molar-refractivity contribution in [2.24, 2.45) is 0 Å². The van der Waals surface area contributed by atoms with Crippen molar-refractivity contribution in [2.75, 3.05) is 94.3 Å². The molecule has 5 aliphatic rings. The first-order valence-corrected chi connectivity index (χ1v) is 13.0. The number of piperazine rings is 1. The SMILES string of the molecule is CN1CCC1=O.CN1CCCC1=O.CN1CCCCC1=O.CN1CCNCC1=O.CN1CCOCC1=O. The van der Waals surface area contributed by atoms with Crippen LogP contribution in [-0.4, -0.2) is 148 Å². The van der Waals surface area contributed by atoms with E-state index in [4.69, 9.17) is 4.74 Å². The number of nitrogens with one attached hydrogen (secondary N) is 1. The number of hydrogen-bond acceptors (Lipinski definition) is 7. The summed E-state index contributed by atoms with van der Waals surface area (Å²) >= 11 is 0. The minimum atomic E-state index is 0.0799. The van der Waals surface area contributed by atoms with E-state index in [0.29, 0.717) is 25.0 Å². The summed E-state index contributed by atoms with van der Waals surface area (Å²) in [4.78, 5) is 61.3. The highest BCUT2D eigenvalue weighted by molar-refractivity contribution is 5.81. The summed E-state index contributed by atoms with van der Waals surface area (Å²) in [5, 5.41) is 2.97. The highest BCUT2D eigenvalue weighted by Crippen LogP contribution is 2.07. The molecule has 0 spiro atoms. The largest absolute Gasteiger partial charge is 0.370 e. The maximum absolute atomic E-state index is 10.7. The topological polar surface area (TPSA) is 123 Å². The summed E-state index contributed by atoms with van der Waals surface area (Å²) in [5.41, 5.74) is 0. The van der Waals surface area contributed by atoms with Crippen LogP contribution in [-0.2, 0) is 28.7 Å². The lowest BCUT2D eigenvalue weighted by atomic mass is 10.1. The number of carbonyl (C=O) groups excluding carboxylic acids is 5. The van der Waals surface area contributed by atoms with Gasteiger partial charge in [-0.15, -0.1) is 0 Å². The van der Waals surface area contributed by atoms with E-state index >= 15 is 0 Å². The molecule has 5 saturated heterocycles. The molecular formula is C25H46N6O6. The van der Waals surface area contributed by atoms with Gasteiger partial charge in [-0.1, -0.05) is 0 Å². The number of morpholine rings is 1. The minimum absolute atomic E-state index is 0.0799.